The number of ether oxygens (including phenoxy) is 3. The van der Waals surface area contributed by atoms with Crippen LogP contribution in [0.2, 0.25) is 0 Å². The minimum Gasteiger partial charge on any atom is -0.453 e. The van der Waals surface area contributed by atoms with Crippen molar-refractivity contribution in [3.05, 3.63) is 95.7 Å². The third-order valence-corrected chi connectivity index (χ3v) is 12.3. The molecule has 4 amide bonds. The molecule has 5 N–H and O–H groups in total. The topological polar surface area (TPSA) is 179 Å². The first-order chi connectivity index (χ1) is 29.6. The lowest BCUT2D eigenvalue weighted by molar-refractivity contribution is -0.135. The van der Waals surface area contributed by atoms with E-state index < -0.39 is 18.2 Å². The van der Waals surface area contributed by atoms with Crippen LogP contribution in [-0.2, 0) is 23.8 Å². The second-order valence-corrected chi connectivity index (χ2v) is 16.3. The van der Waals surface area contributed by atoms with E-state index in [0.29, 0.717) is 45.0 Å². The average molecular weight is 831 g/mol. The van der Waals surface area contributed by atoms with Crippen molar-refractivity contribution < 1.29 is 33.4 Å². The number of methoxy groups -OCH3 is 2. The predicted molar refractivity (Wildman–Crippen MR) is 230 cm³/mol. The Morgan fingerprint density at radius 2 is 1.48 bits per heavy atom. The van der Waals surface area contributed by atoms with Gasteiger partial charge in [0.05, 0.1) is 57.1 Å². The SMILES string of the molecule is COC(=O)NC(C(=O)N1CCC[C@H]1c1ncc(-c2ccc(-c3ccc4cc(C5=CNC([C@@H]6CCCN6C(=O)[C@@H](NC(=O)OC)C(C)C)N5)ccc4c3)cc2)[nH]1)=C1CCOCC1. The van der Waals surface area contributed by atoms with Gasteiger partial charge in [-0.15, -0.1) is 0 Å². The molecule has 0 spiro atoms. The zero-order valence-electron chi connectivity index (χ0n) is 35.1. The molecule has 3 fully saturated rings. The summed E-state index contributed by atoms with van der Waals surface area (Å²) < 4.78 is 15.1. The summed E-state index contributed by atoms with van der Waals surface area (Å²) in [5.74, 6) is 0.294. The summed E-state index contributed by atoms with van der Waals surface area (Å²) >= 11 is 0. The highest BCUT2D eigenvalue weighted by molar-refractivity contribution is 5.97. The fraction of sp³-hybridized carbons (Fsp3) is 0.413. The maximum absolute atomic E-state index is 13.9. The number of benzene rings is 3. The van der Waals surface area contributed by atoms with Gasteiger partial charge in [-0.05, 0) is 95.2 Å². The van der Waals surface area contributed by atoms with Crippen molar-refractivity contribution in [2.24, 2.45) is 5.92 Å². The number of rotatable bonds is 10. The van der Waals surface area contributed by atoms with Gasteiger partial charge >= 0.3 is 12.2 Å². The Balaban J connectivity index is 0.916. The molecule has 15 nitrogen and oxygen atoms in total. The van der Waals surface area contributed by atoms with Crippen LogP contribution in [-0.4, -0.2) is 103 Å². The van der Waals surface area contributed by atoms with Gasteiger partial charge in [0.2, 0.25) is 5.91 Å². The number of aromatic nitrogens is 2. The van der Waals surface area contributed by atoms with Gasteiger partial charge < -0.3 is 44.9 Å². The minimum absolute atomic E-state index is 0.0723. The average Bonchev–Trinajstić information content (AvgIpc) is 4.14. The number of aromatic amines is 1. The number of hydrogen-bond acceptors (Lipinski definition) is 10. The van der Waals surface area contributed by atoms with Crippen molar-refractivity contribution in [1.82, 2.24) is 41.0 Å². The van der Waals surface area contributed by atoms with Crippen LogP contribution in [0, 0.1) is 5.92 Å². The Hall–Kier alpha value is -6.35. The Labute approximate surface area is 355 Å². The molecular formula is C46H54N8O7. The van der Waals surface area contributed by atoms with Crippen molar-refractivity contribution in [1.29, 1.82) is 0 Å². The first-order valence-corrected chi connectivity index (χ1v) is 21.1. The van der Waals surface area contributed by atoms with Crippen LogP contribution >= 0.6 is 0 Å². The summed E-state index contributed by atoms with van der Waals surface area (Å²) in [5, 5.41) is 14.7. The summed E-state index contributed by atoms with van der Waals surface area (Å²) in [7, 11) is 2.59. The highest BCUT2D eigenvalue weighted by Crippen LogP contribution is 2.35. The molecule has 320 valence electrons. The van der Waals surface area contributed by atoms with Crippen LogP contribution in [0.5, 0.6) is 0 Å². The molecule has 8 rings (SSSR count). The smallest absolute Gasteiger partial charge is 0.411 e. The van der Waals surface area contributed by atoms with E-state index >= 15 is 0 Å². The second-order valence-electron chi connectivity index (χ2n) is 16.3. The number of hydrogen-bond donors (Lipinski definition) is 5. The number of fused-ring (bicyclic) bond motifs is 1. The predicted octanol–water partition coefficient (Wildman–Crippen LogP) is 6.17. The normalized spacial score (nSPS) is 20.5. The van der Waals surface area contributed by atoms with Gasteiger partial charge in [0.15, 0.2) is 0 Å². The van der Waals surface area contributed by atoms with Gasteiger partial charge in [-0.3, -0.25) is 14.9 Å². The van der Waals surface area contributed by atoms with Crippen molar-refractivity contribution in [3.8, 4) is 22.4 Å². The number of carbonyl (C=O) groups excluding carboxylic acids is 4. The third-order valence-electron chi connectivity index (χ3n) is 12.3. The van der Waals surface area contributed by atoms with E-state index in [-0.39, 0.29) is 41.7 Å². The molecule has 15 heteroatoms. The highest BCUT2D eigenvalue weighted by Gasteiger charge is 2.40. The molecule has 0 bridgehead atoms. The number of alkyl carbamates (subject to hydrolysis) is 2. The minimum atomic E-state index is -0.667. The molecule has 4 atom stereocenters. The van der Waals surface area contributed by atoms with Crippen LogP contribution < -0.4 is 21.3 Å². The van der Waals surface area contributed by atoms with Crippen LogP contribution in [0.25, 0.3) is 38.9 Å². The molecule has 1 unspecified atom stereocenters. The molecule has 4 aromatic rings. The van der Waals surface area contributed by atoms with E-state index in [9.17, 15) is 19.2 Å². The zero-order chi connectivity index (χ0) is 42.6. The summed E-state index contributed by atoms with van der Waals surface area (Å²) in [6, 6.07) is 20.2. The maximum Gasteiger partial charge on any atom is 0.411 e. The number of nitrogens with one attached hydrogen (secondary N) is 5. The van der Waals surface area contributed by atoms with E-state index in [1.165, 1.54) is 14.2 Å². The molecule has 4 aliphatic heterocycles. The molecule has 0 radical (unpaired) electrons. The Bertz CT molecular complexity index is 2350. The van der Waals surface area contributed by atoms with Crippen LogP contribution in [0.1, 0.15) is 69.8 Å². The molecule has 1 aromatic heterocycles. The number of likely N-dealkylation sites (tertiary alicyclic amines) is 2. The standard InChI is InChI=1S/C46H54N8O7/c1-27(2)39(51-45(57)59-3)43(55)53-19-5-7-37(53)42-48-26-36(50-42)34-16-15-32-23-31(13-14-33(32)24-34)28-9-11-29(12-10-28)35-25-47-41(49-35)38-8-6-20-54(38)44(56)40(52-46(58)60-4)30-17-21-61-22-18-30/h9-16,23-27,37-39,42,48,50H,5-8,17-22H2,1-4H3,(H,47,49)(H,51,57)(H,52,58)/t37-,38-,39-,42?/m0/s1. The Morgan fingerprint density at radius 1 is 0.820 bits per heavy atom. The number of imidazole rings is 1. The fourth-order valence-electron chi connectivity index (χ4n) is 8.93. The zero-order valence-corrected chi connectivity index (χ0v) is 35.1. The van der Waals surface area contributed by atoms with E-state index in [1.807, 2.05) is 31.1 Å². The first-order valence-electron chi connectivity index (χ1n) is 21.1. The quantitative estimate of drug-likeness (QED) is 0.116. The Kier molecular flexibility index (Phi) is 12.3. The van der Waals surface area contributed by atoms with E-state index in [4.69, 9.17) is 19.2 Å². The van der Waals surface area contributed by atoms with Gasteiger partial charge in [0.25, 0.3) is 5.91 Å². The fourth-order valence-corrected chi connectivity index (χ4v) is 8.93. The van der Waals surface area contributed by atoms with E-state index in [0.717, 1.165) is 75.7 Å². The summed E-state index contributed by atoms with van der Waals surface area (Å²) in [4.78, 5) is 63.7. The largest absolute Gasteiger partial charge is 0.453 e. The number of amides is 4. The van der Waals surface area contributed by atoms with E-state index in [1.54, 1.807) is 4.90 Å². The molecular weight excluding hydrogens is 777 g/mol. The summed E-state index contributed by atoms with van der Waals surface area (Å²) in [5.41, 5.74) is 7.17. The molecule has 0 aliphatic carbocycles. The van der Waals surface area contributed by atoms with Crippen molar-refractivity contribution >= 4 is 40.5 Å². The third kappa shape index (κ3) is 8.78. The molecule has 5 heterocycles. The van der Waals surface area contributed by atoms with Gasteiger partial charge in [0.1, 0.15) is 23.7 Å². The van der Waals surface area contributed by atoms with Crippen LogP contribution in [0.15, 0.2) is 84.3 Å². The second kappa shape index (κ2) is 18.1. The van der Waals surface area contributed by atoms with Gasteiger partial charge in [-0.1, -0.05) is 62.4 Å². The van der Waals surface area contributed by atoms with E-state index in [2.05, 4.69) is 86.9 Å². The first kappa shape index (κ1) is 41.4. The summed E-state index contributed by atoms with van der Waals surface area (Å²) in [6.45, 7) is 6.04. The van der Waals surface area contributed by atoms with Gasteiger partial charge in [0, 0.05) is 19.3 Å². The highest BCUT2D eigenvalue weighted by atomic mass is 16.5. The van der Waals surface area contributed by atoms with Crippen LogP contribution in [0.4, 0.5) is 9.59 Å². The van der Waals surface area contributed by atoms with Crippen LogP contribution in [0.3, 0.4) is 0 Å². The van der Waals surface area contributed by atoms with Gasteiger partial charge in [-0.25, -0.2) is 14.6 Å². The Morgan fingerprint density at radius 3 is 2.20 bits per heavy atom. The van der Waals surface area contributed by atoms with Crippen molar-refractivity contribution in [3.63, 3.8) is 0 Å². The lowest BCUT2D eigenvalue weighted by atomic mass is 9.98. The lowest BCUT2D eigenvalue weighted by Crippen LogP contribution is -2.57. The maximum atomic E-state index is 13.9. The number of H-pyrrole nitrogens is 1. The number of carbonyl (C=O) groups is 4. The monoisotopic (exact) mass is 830 g/mol. The van der Waals surface area contributed by atoms with Gasteiger partial charge in [-0.2, -0.15) is 0 Å². The molecule has 0 saturated carbocycles. The molecule has 4 aliphatic rings. The lowest BCUT2D eigenvalue weighted by Gasteiger charge is -2.34. The van der Waals surface area contributed by atoms with Crippen molar-refractivity contribution in [2.75, 3.05) is 40.5 Å². The molecule has 3 saturated heterocycles. The number of nitrogens with zero attached hydrogens (tertiary/aromatic N) is 3. The van der Waals surface area contributed by atoms with Crippen molar-refractivity contribution in [2.45, 2.75) is 76.7 Å². The molecule has 3 aromatic carbocycles. The molecule has 61 heavy (non-hydrogen) atoms. The summed E-state index contributed by atoms with van der Waals surface area (Å²) in [6.07, 6.45) is 6.83.